The summed E-state index contributed by atoms with van der Waals surface area (Å²) < 4.78 is 0. The lowest BCUT2D eigenvalue weighted by molar-refractivity contribution is -0.108. The van der Waals surface area contributed by atoms with Crippen molar-refractivity contribution in [2.45, 2.75) is 0 Å². The topological polar surface area (TPSA) is 75.4 Å². The van der Waals surface area contributed by atoms with Gasteiger partial charge < -0.3 is 9.69 Å². The fourth-order valence-electron chi connectivity index (χ4n) is 0.305. The van der Waals surface area contributed by atoms with E-state index in [0.717, 1.165) is 4.90 Å². The Labute approximate surface area is 52.8 Å². The van der Waals surface area contributed by atoms with E-state index in [1.807, 2.05) is 5.43 Å². The molecule has 2 amide bonds. The molecule has 3 N–H and O–H groups in total. The zero-order chi connectivity index (χ0) is 7.28. The number of aldehydes is 1. The Balaban J connectivity index is 3.58. The van der Waals surface area contributed by atoms with Crippen LogP contribution in [0.2, 0.25) is 0 Å². The Morgan fingerprint density at radius 3 is 2.78 bits per heavy atom. The van der Waals surface area contributed by atoms with Crippen molar-refractivity contribution < 1.29 is 9.59 Å². The van der Waals surface area contributed by atoms with Gasteiger partial charge in [0, 0.05) is 7.05 Å². The van der Waals surface area contributed by atoms with E-state index in [1.54, 1.807) is 0 Å². The van der Waals surface area contributed by atoms with E-state index in [1.165, 1.54) is 7.05 Å². The van der Waals surface area contributed by atoms with E-state index in [4.69, 9.17) is 5.84 Å². The smallest absolute Gasteiger partial charge is 0.320 e. The molecule has 52 valence electrons. The van der Waals surface area contributed by atoms with Gasteiger partial charge in [-0.1, -0.05) is 0 Å². The van der Waals surface area contributed by atoms with Crippen molar-refractivity contribution in [2.75, 3.05) is 13.6 Å². The summed E-state index contributed by atoms with van der Waals surface area (Å²) in [5.41, 5.74) is 1.88. The summed E-state index contributed by atoms with van der Waals surface area (Å²) in [7, 11) is 1.47. The monoisotopic (exact) mass is 131 g/mol. The van der Waals surface area contributed by atoms with Gasteiger partial charge in [-0.25, -0.2) is 10.6 Å². The first-order valence-corrected chi connectivity index (χ1v) is 2.37. The van der Waals surface area contributed by atoms with Gasteiger partial charge in [-0.2, -0.15) is 0 Å². The summed E-state index contributed by atoms with van der Waals surface area (Å²) >= 11 is 0. The van der Waals surface area contributed by atoms with E-state index in [9.17, 15) is 9.59 Å². The molecule has 0 spiro atoms. The van der Waals surface area contributed by atoms with Gasteiger partial charge in [0.1, 0.15) is 6.29 Å². The minimum atomic E-state index is -0.470. The molecule has 0 aromatic carbocycles. The molecule has 0 atom stereocenters. The maximum absolute atomic E-state index is 10.4. The zero-order valence-electron chi connectivity index (χ0n) is 5.13. The molecule has 0 unspecified atom stereocenters. The van der Waals surface area contributed by atoms with Gasteiger partial charge in [-0.15, -0.1) is 0 Å². The molecule has 0 saturated carbocycles. The molecule has 0 aliphatic rings. The van der Waals surface area contributed by atoms with Crippen LogP contribution in [0.15, 0.2) is 0 Å². The molecule has 5 nitrogen and oxygen atoms in total. The van der Waals surface area contributed by atoms with Gasteiger partial charge >= 0.3 is 6.03 Å². The van der Waals surface area contributed by atoms with Crippen LogP contribution in [0.25, 0.3) is 0 Å². The number of nitrogens with one attached hydrogen (secondary N) is 1. The summed E-state index contributed by atoms with van der Waals surface area (Å²) in [4.78, 5) is 21.4. The number of likely N-dealkylation sites (N-methyl/N-ethyl adjacent to an activating group) is 1. The van der Waals surface area contributed by atoms with Crippen LogP contribution in [0.1, 0.15) is 0 Å². The van der Waals surface area contributed by atoms with Crippen LogP contribution in [-0.4, -0.2) is 30.8 Å². The summed E-state index contributed by atoms with van der Waals surface area (Å²) in [5, 5.41) is 0. The second-order valence-corrected chi connectivity index (χ2v) is 1.50. The Morgan fingerprint density at radius 2 is 2.44 bits per heavy atom. The van der Waals surface area contributed by atoms with E-state index in [-0.39, 0.29) is 6.54 Å². The number of amides is 2. The number of carbonyl (C=O) groups excluding carboxylic acids is 2. The molecule has 5 heteroatoms. The van der Waals surface area contributed by atoms with Crippen molar-refractivity contribution in [3.05, 3.63) is 0 Å². The highest BCUT2D eigenvalue weighted by atomic mass is 16.2. The van der Waals surface area contributed by atoms with Crippen molar-refractivity contribution in [1.82, 2.24) is 10.3 Å². The highest BCUT2D eigenvalue weighted by Gasteiger charge is 2.02. The van der Waals surface area contributed by atoms with Crippen LogP contribution in [0, 0.1) is 0 Å². The van der Waals surface area contributed by atoms with Gasteiger partial charge in [0.15, 0.2) is 0 Å². The third kappa shape index (κ3) is 2.65. The van der Waals surface area contributed by atoms with Gasteiger partial charge in [0.05, 0.1) is 6.54 Å². The number of rotatable bonds is 2. The first-order chi connectivity index (χ1) is 4.22. The first kappa shape index (κ1) is 7.90. The minimum Gasteiger partial charge on any atom is -0.320 e. The molecule has 0 saturated heterocycles. The number of nitrogens with two attached hydrogens (primary N) is 1. The quantitative estimate of drug-likeness (QED) is 0.212. The van der Waals surface area contributed by atoms with Crippen LogP contribution >= 0.6 is 0 Å². The van der Waals surface area contributed by atoms with E-state index < -0.39 is 6.03 Å². The number of urea groups is 1. The highest BCUT2D eigenvalue weighted by Crippen LogP contribution is 1.76. The van der Waals surface area contributed by atoms with E-state index in [0.29, 0.717) is 6.29 Å². The minimum absolute atomic E-state index is 0.0586. The highest BCUT2D eigenvalue weighted by molar-refractivity contribution is 5.75. The Morgan fingerprint density at radius 1 is 1.89 bits per heavy atom. The second-order valence-electron chi connectivity index (χ2n) is 1.50. The van der Waals surface area contributed by atoms with Crippen molar-refractivity contribution in [3.63, 3.8) is 0 Å². The first-order valence-electron chi connectivity index (χ1n) is 2.37. The van der Waals surface area contributed by atoms with Gasteiger partial charge in [0.2, 0.25) is 0 Å². The van der Waals surface area contributed by atoms with Crippen molar-refractivity contribution in [2.24, 2.45) is 5.84 Å². The molecular formula is C4H9N3O2. The van der Waals surface area contributed by atoms with Crippen LogP contribution in [-0.2, 0) is 4.79 Å². The third-order valence-electron chi connectivity index (χ3n) is 0.819. The average Bonchev–Trinajstić information content (AvgIpc) is 1.87. The maximum atomic E-state index is 10.4. The lowest BCUT2D eigenvalue weighted by atomic mass is 10.6. The molecular weight excluding hydrogens is 122 g/mol. The number of hydrogen-bond acceptors (Lipinski definition) is 3. The molecule has 0 aliphatic carbocycles. The van der Waals surface area contributed by atoms with E-state index >= 15 is 0 Å². The van der Waals surface area contributed by atoms with Crippen molar-refractivity contribution >= 4 is 12.3 Å². The summed E-state index contributed by atoms with van der Waals surface area (Å²) in [6.07, 6.45) is 0.620. The fourth-order valence-corrected chi connectivity index (χ4v) is 0.305. The molecule has 0 bridgehead atoms. The van der Waals surface area contributed by atoms with Crippen LogP contribution in [0.3, 0.4) is 0 Å². The maximum Gasteiger partial charge on any atom is 0.331 e. The van der Waals surface area contributed by atoms with Crippen LogP contribution in [0.4, 0.5) is 4.79 Å². The molecule has 9 heavy (non-hydrogen) atoms. The van der Waals surface area contributed by atoms with Crippen molar-refractivity contribution in [1.29, 1.82) is 0 Å². The summed E-state index contributed by atoms with van der Waals surface area (Å²) in [5.74, 6) is 4.75. The Kier molecular flexibility index (Phi) is 3.38. The lowest BCUT2D eigenvalue weighted by Gasteiger charge is -2.10. The largest absolute Gasteiger partial charge is 0.331 e. The van der Waals surface area contributed by atoms with Crippen molar-refractivity contribution in [3.8, 4) is 0 Å². The number of hydrazine groups is 1. The van der Waals surface area contributed by atoms with Crippen LogP contribution in [0.5, 0.6) is 0 Å². The van der Waals surface area contributed by atoms with Gasteiger partial charge in [-0.3, -0.25) is 5.43 Å². The lowest BCUT2D eigenvalue weighted by Crippen LogP contribution is -2.41. The number of nitrogens with zero attached hydrogens (tertiary/aromatic N) is 1. The molecule has 0 aromatic heterocycles. The average molecular weight is 131 g/mol. The van der Waals surface area contributed by atoms with Gasteiger partial charge in [-0.05, 0) is 0 Å². The van der Waals surface area contributed by atoms with E-state index in [2.05, 4.69) is 0 Å². The molecule has 0 radical (unpaired) electrons. The Bertz CT molecular complexity index is 114. The zero-order valence-corrected chi connectivity index (χ0v) is 5.13. The Hall–Kier alpha value is -1.10. The molecule has 0 fully saturated rings. The fraction of sp³-hybridized carbons (Fsp3) is 0.500. The van der Waals surface area contributed by atoms with Crippen LogP contribution < -0.4 is 11.3 Å². The predicted octanol–water partition coefficient (Wildman–Crippen LogP) is -1.30. The number of hydrogen-bond donors (Lipinski definition) is 2. The normalized spacial score (nSPS) is 8.22. The van der Waals surface area contributed by atoms with Gasteiger partial charge in [0.25, 0.3) is 0 Å². The predicted molar refractivity (Wildman–Crippen MR) is 31.4 cm³/mol. The number of carbonyl (C=O) groups is 2. The molecule has 0 aromatic rings. The summed E-state index contributed by atoms with van der Waals surface area (Å²) in [6.45, 7) is 0.0586. The second kappa shape index (κ2) is 3.85. The molecule has 0 rings (SSSR count). The molecule has 0 aliphatic heterocycles. The SMILES string of the molecule is CN(CC=O)C(=O)NN. The summed E-state index contributed by atoms with van der Waals surface area (Å²) in [6, 6.07) is -0.470. The molecule has 0 heterocycles. The third-order valence-corrected chi connectivity index (χ3v) is 0.819. The standard InChI is InChI=1S/C4H9N3O2/c1-7(2-3-8)4(9)6-5/h3H,2,5H2,1H3,(H,6,9).